The number of carbonyl (C=O) groups excluding carboxylic acids is 1. The molecule has 0 heterocycles. The molecule has 0 aliphatic carbocycles. The molecule has 0 saturated heterocycles. The molecule has 94 valence electrons. The van der Waals surface area contributed by atoms with Gasteiger partial charge in [-0.3, -0.25) is 9.63 Å². The number of rotatable bonds is 3. The minimum absolute atomic E-state index is 0.285. The SMILES string of the molecule is Cc1cccc(C(=O)NOCC(F)(F)F)c1I. The Balaban J connectivity index is 2.62. The minimum Gasteiger partial charge on any atom is -0.267 e. The Morgan fingerprint density at radius 1 is 1.47 bits per heavy atom. The molecule has 0 spiro atoms. The van der Waals surface area contributed by atoms with Gasteiger partial charge in [0.25, 0.3) is 5.91 Å². The molecule has 1 aromatic rings. The summed E-state index contributed by atoms with van der Waals surface area (Å²) in [5.74, 6) is -0.692. The normalized spacial score (nSPS) is 11.4. The molecule has 0 aliphatic heterocycles. The highest BCUT2D eigenvalue weighted by Gasteiger charge is 2.28. The number of hydroxylamine groups is 1. The van der Waals surface area contributed by atoms with Crippen LogP contribution in [0.5, 0.6) is 0 Å². The van der Waals surface area contributed by atoms with Gasteiger partial charge in [-0.2, -0.15) is 13.2 Å². The van der Waals surface area contributed by atoms with Gasteiger partial charge in [0.1, 0.15) is 0 Å². The zero-order valence-corrected chi connectivity index (χ0v) is 10.9. The molecule has 0 atom stereocenters. The van der Waals surface area contributed by atoms with Crippen molar-refractivity contribution < 1.29 is 22.8 Å². The van der Waals surface area contributed by atoms with Gasteiger partial charge in [-0.25, -0.2) is 5.48 Å². The lowest BCUT2D eigenvalue weighted by Gasteiger charge is -2.10. The minimum atomic E-state index is -4.47. The van der Waals surface area contributed by atoms with Gasteiger partial charge in [0.15, 0.2) is 6.61 Å². The van der Waals surface area contributed by atoms with Crippen LogP contribution in [0.4, 0.5) is 13.2 Å². The molecule has 1 rings (SSSR count). The van der Waals surface area contributed by atoms with Crippen molar-refractivity contribution in [1.29, 1.82) is 0 Å². The molecule has 0 saturated carbocycles. The number of hydrogen-bond acceptors (Lipinski definition) is 2. The lowest BCUT2D eigenvalue weighted by atomic mass is 10.1. The Morgan fingerprint density at radius 3 is 2.71 bits per heavy atom. The molecule has 0 unspecified atom stereocenters. The molecule has 3 nitrogen and oxygen atoms in total. The predicted octanol–water partition coefficient (Wildman–Crippen LogP) is 2.82. The van der Waals surface area contributed by atoms with E-state index in [2.05, 4.69) is 4.84 Å². The van der Waals surface area contributed by atoms with Crippen molar-refractivity contribution in [2.45, 2.75) is 13.1 Å². The monoisotopic (exact) mass is 359 g/mol. The number of amides is 1. The summed E-state index contributed by atoms with van der Waals surface area (Å²) in [4.78, 5) is 15.6. The Labute approximate surface area is 109 Å². The summed E-state index contributed by atoms with van der Waals surface area (Å²) >= 11 is 1.95. The van der Waals surface area contributed by atoms with Crippen LogP contribution in [0.15, 0.2) is 18.2 Å². The van der Waals surface area contributed by atoms with Crippen molar-refractivity contribution in [1.82, 2.24) is 5.48 Å². The highest BCUT2D eigenvalue weighted by molar-refractivity contribution is 14.1. The zero-order valence-electron chi connectivity index (χ0n) is 8.77. The van der Waals surface area contributed by atoms with Crippen LogP contribution < -0.4 is 5.48 Å². The molecule has 0 aromatic heterocycles. The summed E-state index contributed by atoms with van der Waals surface area (Å²) in [6, 6.07) is 4.96. The second kappa shape index (κ2) is 5.67. The van der Waals surface area contributed by atoms with Crippen molar-refractivity contribution in [3.05, 3.63) is 32.9 Å². The molecule has 1 aromatic carbocycles. The van der Waals surface area contributed by atoms with Gasteiger partial charge in [0, 0.05) is 3.57 Å². The van der Waals surface area contributed by atoms with Crippen molar-refractivity contribution in [3.63, 3.8) is 0 Å². The van der Waals surface area contributed by atoms with E-state index in [1.807, 2.05) is 22.6 Å². The van der Waals surface area contributed by atoms with Crippen molar-refractivity contribution in [2.24, 2.45) is 0 Å². The number of hydrogen-bond donors (Lipinski definition) is 1. The van der Waals surface area contributed by atoms with Gasteiger partial charge >= 0.3 is 6.18 Å². The highest BCUT2D eigenvalue weighted by atomic mass is 127. The lowest BCUT2D eigenvalue weighted by Crippen LogP contribution is -2.30. The number of nitrogens with one attached hydrogen (secondary N) is 1. The van der Waals surface area contributed by atoms with E-state index in [1.165, 1.54) is 6.07 Å². The third kappa shape index (κ3) is 4.50. The van der Waals surface area contributed by atoms with Crippen LogP contribution >= 0.6 is 22.6 Å². The lowest BCUT2D eigenvalue weighted by molar-refractivity contribution is -0.184. The predicted molar refractivity (Wildman–Crippen MR) is 63.4 cm³/mol. The maximum absolute atomic E-state index is 11.8. The largest absolute Gasteiger partial charge is 0.414 e. The Kier molecular flexibility index (Phi) is 4.75. The first-order valence-corrected chi connectivity index (χ1v) is 5.63. The molecule has 1 N–H and O–H groups in total. The molecule has 0 radical (unpaired) electrons. The van der Waals surface area contributed by atoms with Crippen LogP contribution in [-0.2, 0) is 4.84 Å². The molecular formula is C10H9F3INO2. The summed E-state index contributed by atoms with van der Waals surface area (Å²) < 4.78 is 36.0. The number of halogens is 4. The Morgan fingerprint density at radius 2 is 2.12 bits per heavy atom. The van der Waals surface area contributed by atoms with Crippen molar-refractivity contribution in [3.8, 4) is 0 Å². The third-order valence-electron chi connectivity index (χ3n) is 1.84. The van der Waals surface area contributed by atoms with Gasteiger partial charge in [0.2, 0.25) is 0 Å². The maximum atomic E-state index is 11.8. The molecule has 17 heavy (non-hydrogen) atoms. The van der Waals surface area contributed by atoms with E-state index in [9.17, 15) is 18.0 Å². The summed E-state index contributed by atoms with van der Waals surface area (Å²) in [7, 11) is 0. The third-order valence-corrected chi connectivity index (χ3v) is 3.27. The highest BCUT2D eigenvalue weighted by Crippen LogP contribution is 2.17. The van der Waals surface area contributed by atoms with E-state index in [1.54, 1.807) is 24.5 Å². The second-order valence-electron chi connectivity index (χ2n) is 3.27. The van der Waals surface area contributed by atoms with Gasteiger partial charge < -0.3 is 0 Å². The van der Waals surface area contributed by atoms with E-state index in [0.717, 1.165) is 5.56 Å². The van der Waals surface area contributed by atoms with E-state index in [0.29, 0.717) is 3.57 Å². The topological polar surface area (TPSA) is 38.3 Å². The first kappa shape index (κ1) is 14.2. The maximum Gasteiger partial charge on any atom is 0.414 e. The van der Waals surface area contributed by atoms with Gasteiger partial charge in [-0.1, -0.05) is 12.1 Å². The summed E-state index contributed by atoms with van der Waals surface area (Å²) in [6.45, 7) is 0.288. The average molecular weight is 359 g/mol. The molecule has 0 aliphatic rings. The van der Waals surface area contributed by atoms with Crippen LogP contribution in [0.3, 0.4) is 0 Å². The first-order valence-electron chi connectivity index (χ1n) is 4.55. The molecule has 0 bridgehead atoms. The fourth-order valence-corrected chi connectivity index (χ4v) is 1.67. The smallest absolute Gasteiger partial charge is 0.267 e. The Bertz CT molecular complexity index is 421. The number of benzene rings is 1. The van der Waals surface area contributed by atoms with E-state index >= 15 is 0 Å². The van der Waals surface area contributed by atoms with Gasteiger partial charge in [0.05, 0.1) is 5.56 Å². The van der Waals surface area contributed by atoms with E-state index in [4.69, 9.17) is 0 Å². The van der Waals surface area contributed by atoms with Crippen molar-refractivity contribution in [2.75, 3.05) is 6.61 Å². The van der Waals surface area contributed by atoms with Crippen LogP contribution in [0, 0.1) is 10.5 Å². The molecule has 7 heteroatoms. The van der Waals surface area contributed by atoms with Gasteiger partial charge in [-0.05, 0) is 41.1 Å². The Hall–Kier alpha value is -0.830. The first-order chi connectivity index (χ1) is 7.81. The quantitative estimate of drug-likeness (QED) is 0.666. The fourth-order valence-electron chi connectivity index (χ4n) is 1.06. The standard InChI is InChI=1S/C10H9F3INO2/c1-6-3-2-4-7(8(6)14)9(16)15-17-5-10(11,12)13/h2-4H,5H2,1H3,(H,15,16). The zero-order chi connectivity index (χ0) is 13.1. The van der Waals surface area contributed by atoms with Crippen LogP contribution in [-0.4, -0.2) is 18.7 Å². The molecular weight excluding hydrogens is 350 g/mol. The fraction of sp³-hybridized carbons (Fsp3) is 0.300. The summed E-state index contributed by atoms with van der Waals surface area (Å²) in [5.41, 5.74) is 2.91. The average Bonchev–Trinajstić information content (AvgIpc) is 2.20. The summed E-state index contributed by atoms with van der Waals surface area (Å²) in [6.07, 6.45) is -4.47. The van der Waals surface area contributed by atoms with Crippen LogP contribution in [0.1, 0.15) is 15.9 Å². The van der Waals surface area contributed by atoms with Crippen molar-refractivity contribution >= 4 is 28.5 Å². The number of carbonyl (C=O) groups is 1. The molecule has 1 amide bonds. The summed E-state index contributed by atoms with van der Waals surface area (Å²) in [5, 5.41) is 0. The van der Waals surface area contributed by atoms with E-state index in [-0.39, 0.29) is 5.56 Å². The van der Waals surface area contributed by atoms with Gasteiger partial charge in [-0.15, -0.1) is 0 Å². The number of aryl methyl sites for hydroxylation is 1. The number of alkyl halides is 3. The molecule has 0 fully saturated rings. The second-order valence-corrected chi connectivity index (χ2v) is 4.35. The van der Waals surface area contributed by atoms with Crippen LogP contribution in [0.25, 0.3) is 0 Å². The van der Waals surface area contributed by atoms with Crippen LogP contribution in [0.2, 0.25) is 0 Å². The van der Waals surface area contributed by atoms with E-state index < -0.39 is 18.7 Å².